The number of benzene rings is 2. The standard InChI is InChI=1S/C15H12FNO5/c16-9-1-4-11(5-2-9)22-8-14(19)17-13-6-3-10(18)7-12(13)15(20)21/h1-7,18H,8H2,(H,17,19)(H,20,21)/p-1. The number of hydrogen-bond donors (Lipinski definition) is 2. The molecule has 2 N–H and O–H groups in total. The highest BCUT2D eigenvalue weighted by molar-refractivity contribution is 6.01. The second kappa shape index (κ2) is 6.57. The van der Waals surface area contributed by atoms with Crippen LogP contribution in [0.5, 0.6) is 11.5 Å². The molecule has 22 heavy (non-hydrogen) atoms. The molecular weight excluding hydrogens is 293 g/mol. The summed E-state index contributed by atoms with van der Waals surface area (Å²) in [6, 6.07) is 8.35. The number of carboxylic acids is 1. The molecule has 2 aromatic carbocycles. The van der Waals surface area contributed by atoms with E-state index >= 15 is 0 Å². The summed E-state index contributed by atoms with van der Waals surface area (Å²) in [7, 11) is 0. The topological polar surface area (TPSA) is 98.7 Å². The Morgan fingerprint density at radius 1 is 1.18 bits per heavy atom. The van der Waals surface area contributed by atoms with Gasteiger partial charge in [-0.2, -0.15) is 0 Å². The number of aromatic carboxylic acids is 1. The molecule has 0 aliphatic carbocycles. The highest BCUT2D eigenvalue weighted by Gasteiger charge is 2.12. The van der Waals surface area contributed by atoms with E-state index in [0.717, 1.165) is 12.1 Å². The van der Waals surface area contributed by atoms with Crippen molar-refractivity contribution in [3.05, 3.63) is 53.8 Å². The van der Waals surface area contributed by atoms with Gasteiger partial charge in [-0.25, -0.2) is 9.18 Å². The van der Waals surface area contributed by atoms with E-state index in [-0.39, 0.29) is 17.9 Å². The van der Waals surface area contributed by atoms with Gasteiger partial charge in [-0.1, -0.05) is 12.1 Å². The van der Waals surface area contributed by atoms with Crippen LogP contribution in [0.4, 0.5) is 10.1 Å². The molecule has 2 aromatic rings. The summed E-state index contributed by atoms with van der Waals surface area (Å²) in [4.78, 5) is 22.7. The zero-order valence-corrected chi connectivity index (χ0v) is 11.2. The molecule has 0 fully saturated rings. The first-order chi connectivity index (χ1) is 10.5. The zero-order chi connectivity index (χ0) is 16.1. The van der Waals surface area contributed by atoms with Crippen LogP contribution in [-0.4, -0.2) is 23.6 Å². The van der Waals surface area contributed by atoms with E-state index in [1.807, 2.05) is 0 Å². The van der Waals surface area contributed by atoms with Crippen LogP contribution in [0, 0.1) is 5.82 Å². The summed E-state index contributed by atoms with van der Waals surface area (Å²) in [5.41, 5.74) is -0.303. The maximum atomic E-state index is 12.7. The average Bonchev–Trinajstić information content (AvgIpc) is 2.48. The van der Waals surface area contributed by atoms with E-state index in [1.165, 1.54) is 30.3 Å². The van der Waals surface area contributed by atoms with E-state index in [1.54, 1.807) is 0 Å². The van der Waals surface area contributed by atoms with Crippen molar-refractivity contribution < 1.29 is 28.9 Å². The van der Waals surface area contributed by atoms with Crippen molar-refractivity contribution in [2.24, 2.45) is 0 Å². The maximum absolute atomic E-state index is 12.7. The molecule has 1 amide bonds. The van der Waals surface area contributed by atoms with Crippen molar-refractivity contribution in [1.82, 2.24) is 0 Å². The molecule has 0 atom stereocenters. The maximum Gasteiger partial charge on any atom is 0.337 e. The lowest BCUT2D eigenvalue weighted by Gasteiger charge is -2.12. The van der Waals surface area contributed by atoms with Gasteiger partial charge in [0, 0.05) is 0 Å². The number of carboxylic acid groups (broad SMARTS) is 1. The third kappa shape index (κ3) is 3.95. The second-order valence-electron chi connectivity index (χ2n) is 4.30. The van der Waals surface area contributed by atoms with Gasteiger partial charge in [0.1, 0.15) is 11.6 Å². The van der Waals surface area contributed by atoms with E-state index in [0.29, 0.717) is 5.75 Å². The Morgan fingerprint density at radius 3 is 2.50 bits per heavy atom. The normalized spacial score (nSPS) is 10.0. The Morgan fingerprint density at radius 2 is 1.86 bits per heavy atom. The van der Waals surface area contributed by atoms with Gasteiger partial charge in [0.2, 0.25) is 0 Å². The van der Waals surface area contributed by atoms with Crippen LogP contribution >= 0.6 is 0 Å². The average molecular weight is 304 g/mol. The molecular formula is C15H11FNO5-. The van der Waals surface area contributed by atoms with Crippen LogP contribution in [-0.2, 0) is 4.79 Å². The zero-order valence-electron chi connectivity index (χ0n) is 11.2. The predicted molar refractivity (Wildman–Crippen MR) is 73.4 cm³/mol. The van der Waals surface area contributed by atoms with Gasteiger partial charge < -0.3 is 20.3 Å². The van der Waals surface area contributed by atoms with Gasteiger partial charge in [-0.15, -0.1) is 5.75 Å². The summed E-state index contributed by atoms with van der Waals surface area (Å²) in [5, 5.41) is 22.5. The van der Waals surface area contributed by atoms with Gasteiger partial charge in [0.25, 0.3) is 5.91 Å². The minimum Gasteiger partial charge on any atom is -0.872 e. The van der Waals surface area contributed by atoms with Crippen LogP contribution < -0.4 is 15.2 Å². The molecule has 0 heterocycles. The number of anilines is 1. The predicted octanol–water partition coefficient (Wildman–Crippen LogP) is 1.61. The highest BCUT2D eigenvalue weighted by Crippen LogP contribution is 2.20. The van der Waals surface area contributed by atoms with E-state index in [4.69, 9.17) is 9.84 Å². The molecule has 114 valence electrons. The van der Waals surface area contributed by atoms with E-state index in [9.17, 15) is 19.1 Å². The Balaban J connectivity index is 2.00. The summed E-state index contributed by atoms with van der Waals surface area (Å²) in [6.45, 7) is -0.385. The van der Waals surface area contributed by atoms with Crippen molar-refractivity contribution >= 4 is 17.6 Å². The summed E-state index contributed by atoms with van der Waals surface area (Å²) < 4.78 is 17.8. The second-order valence-corrected chi connectivity index (χ2v) is 4.30. The lowest BCUT2D eigenvalue weighted by Crippen LogP contribution is -2.21. The Kier molecular flexibility index (Phi) is 4.57. The number of ether oxygens (including phenoxy) is 1. The summed E-state index contributed by atoms with van der Waals surface area (Å²) in [5.74, 6) is -2.54. The van der Waals surface area contributed by atoms with Crippen LogP contribution in [0.3, 0.4) is 0 Å². The fraction of sp³-hybridized carbons (Fsp3) is 0.0667. The number of amides is 1. The number of rotatable bonds is 5. The van der Waals surface area contributed by atoms with E-state index < -0.39 is 23.4 Å². The minimum absolute atomic E-state index is 0.000180. The Hall–Kier alpha value is -3.09. The largest absolute Gasteiger partial charge is 0.872 e. The first-order valence-corrected chi connectivity index (χ1v) is 6.18. The molecule has 0 aromatic heterocycles. The fourth-order valence-electron chi connectivity index (χ4n) is 1.68. The number of nitrogens with one attached hydrogen (secondary N) is 1. The molecule has 0 spiro atoms. The minimum atomic E-state index is -1.33. The van der Waals surface area contributed by atoms with Crippen molar-refractivity contribution in [2.45, 2.75) is 0 Å². The smallest absolute Gasteiger partial charge is 0.337 e. The van der Waals surface area contributed by atoms with Gasteiger partial charge in [-0.05, 0) is 30.3 Å². The number of halogens is 1. The van der Waals surface area contributed by atoms with Crippen molar-refractivity contribution in [1.29, 1.82) is 0 Å². The number of carbonyl (C=O) groups excluding carboxylic acids is 1. The van der Waals surface area contributed by atoms with Crippen LogP contribution in [0.2, 0.25) is 0 Å². The number of carbonyl (C=O) groups is 2. The Bertz CT molecular complexity index is 700. The van der Waals surface area contributed by atoms with Gasteiger partial charge in [-0.3, -0.25) is 4.79 Å². The van der Waals surface area contributed by atoms with Crippen LogP contribution in [0.15, 0.2) is 42.5 Å². The molecule has 0 unspecified atom stereocenters. The van der Waals surface area contributed by atoms with Crippen molar-refractivity contribution in [2.75, 3.05) is 11.9 Å². The van der Waals surface area contributed by atoms with Gasteiger partial charge >= 0.3 is 5.97 Å². The SMILES string of the molecule is O=C(COc1ccc(F)cc1)Nc1ccc([O-])cc1C(=O)O. The lowest BCUT2D eigenvalue weighted by molar-refractivity contribution is -0.268. The molecule has 0 saturated heterocycles. The molecule has 0 saturated carbocycles. The third-order valence-corrected chi connectivity index (χ3v) is 2.68. The van der Waals surface area contributed by atoms with Crippen LogP contribution in [0.1, 0.15) is 10.4 Å². The highest BCUT2D eigenvalue weighted by atomic mass is 19.1. The van der Waals surface area contributed by atoms with Gasteiger partial charge in [0.05, 0.1) is 11.3 Å². The molecule has 0 radical (unpaired) electrons. The molecule has 0 aliphatic rings. The number of hydrogen-bond acceptors (Lipinski definition) is 4. The first kappa shape index (κ1) is 15.3. The Labute approximate surface area is 124 Å². The first-order valence-electron chi connectivity index (χ1n) is 6.18. The molecule has 6 nitrogen and oxygen atoms in total. The van der Waals surface area contributed by atoms with Crippen LogP contribution in [0.25, 0.3) is 0 Å². The third-order valence-electron chi connectivity index (χ3n) is 2.68. The summed E-state index contributed by atoms with van der Waals surface area (Å²) >= 11 is 0. The quantitative estimate of drug-likeness (QED) is 0.874. The van der Waals surface area contributed by atoms with Crippen molar-refractivity contribution in [3.8, 4) is 11.5 Å². The lowest BCUT2D eigenvalue weighted by atomic mass is 10.1. The molecule has 7 heteroatoms. The molecule has 0 bridgehead atoms. The molecule has 0 aliphatic heterocycles. The summed E-state index contributed by atoms with van der Waals surface area (Å²) in [6.07, 6.45) is 0. The van der Waals surface area contributed by atoms with Gasteiger partial charge in [0.15, 0.2) is 6.61 Å². The molecule has 2 rings (SSSR count). The van der Waals surface area contributed by atoms with Crippen molar-refractivity contribution in [3.63, 3.8) is 0 Å². The monoisotopic (exact) mass is 304 g/mol. The fourth-order valence-corrected chi connectivity index (χ4v) is 1.68. The van der Waals surface area contributed by atoms with E-state index in [2.05, 4.69) is 5.32 Å².